The highest BCUT2D eigenvalue weighted by Gasteiger charge is 2.27. The van der Waals surface area contributed by atoms with E-state index in [1.54, 1.807) is 12.4 Å². The summed E-state index contributed by atoms with van der Waals surface area (Å²) in [6, 6.07) is 15.8. The molecule has 0 bridgehead atoms. The molecule has 0 unspecified atom stereocenters. The molecule has 0 atom stereocenters. The Morgan fingerprint density at radius 1 is 0.967 bits per heavy atom. The zero-order chi connectivity index (χ0) is 20.8. The third-order valence-electron chi connectivity index (χ3n) is 5.60. The van der Waals surface area contributed by atoms with Gasteiger partial charge >= 0.3 is 0 Å². The van der Waals surface area contributed by atoms with Crippen molar-refractivity contribution in [3.8, 4) is 5.69 Å². The molecule has 2 aromatic heterocycles. The first-order valence-electron chi connectivity index (χ1n) is 10.4. The van der Waals surface area contributed by atoms with Gasteiger partial charge in [-0.15, -0.1) is 0 Å². The smallest absolute Gasteiger partial charge is 0.226 e. The normalized spacial score (nSPS) is 14.5. The minimum Gasteiger partial charge on any atom is -0.352 e. The van der Waals surface area contributed by atoms with E-state index in [4.69, 9.17) is 0 Å². The van der Waals surface area contributed by atoms with Gasteiger partial charge in [-0.25, -0.2) is 0 Å². The fraction of sp³-hybridized carbons (Fsp3) is 0.292. The molecule has 4 rings (SSSR count). The molecule has 3 heterocycles. The van der Waals surface area contributed by atoms with Crippen LogP contribution in [0.3, 0.4) is 0 Å². The highest BCUT2D eigenvalue weighted by Crippen LogP contribution is 2.19. The summed E-state index contributed by atoms with van der Waals surface area (Å²) in [5.74, 6) is 0.149. The van der Waals surface area contributed by atoms with Crippen molar-refractivity contribution in [1.29, 1.82) is 0 Å². The summed E-state index contributed by atoms with van der Waals surface area (Å²) in [4.78, 5) is 31.1. The van der Waals surface area contributed by atoms with Gasteiger partial charge in [0.05, 0.1) is 6.42 Å². The number of amides is 2. The van der Waals surface area contributed by atoms with Crippen molar-refractivity contribution >= 4 is 11.8 Å². The van der Waals surface area contributed by atoms with Gasteiger partial charge in [0.1, 0.15) is 0 Å². The van der Waals surface area contributed by atoms with Crippen LogP contribution >= 0.6 is 0 Å². The molecule has 6 heteroatoms. The summed E-state index contributed by atoms with van der Waals surface area (Å²) in [6.45, 7) is 1.75. The summed E-state index contributed by atoms with van der Waals surface area (Å²) in [5, 5.41) is 2.98. The number of aromatic nitrogens is 2. The Morgan fingerprint density at radius 2 is 1.70 bits per heavy atom. The van der Waals surface area contributed by atoms with Gasteiger partial charge in [-0.1, -0.05) is 18.2 Å². The van der Waals surface area contributed by atoms with E-state index < -0.39 is 0 Å². The molecule has 1 fully saturated rings. The highest BCUT2D eigenvalue weighted by molar-refractivity contribution is 5.81. The third kappa shape index (κ3) is 4.95. The van der Waals surface area contributed by atoms with Crippen molar-refractivity contribution in [2.75, 3.05) is 13.1 Å². The van der Waals surface area contributed by atoms with Crippen molar-refractivity contribution in [3.63, 3.8) is 0 Å². The topological polar surface area (TPSA) is 67.2 Å². The van der Waals surface area contributed by atoms with E-state index in [0.717, 1.165) is 16.8 Å². The van der Waals surface area contributed by atoms with E-state index in [1.807, 2.05) is 70.4 Å². The lowest BCUT2D eigenvalue weighted by atomic mass is 9.95. The van der Waals surface area contributed by atoms with Gasteiger partial charge in [-0.05, 0) is 54.3 Å². The van der Waals surface area contributed by atoms with E-state index in [0.29, 0.717) is 38.9 Å². The number of likely N-dealkylation sites (tertiary alicyclic amines) is 1. The highest BCUT2D eigenvalue weighted by atomic mass is 16.2. The van der Waals surface area contributed by atoms with Crippen molar-refractivity contribution in [3.05, 3.63) is 84.4 Å². The van der Waals surface area contributed by atoms with Gasteiger partial charge in [-0.2, -0.15) is 0 Å². The number of pyridine rings is 1. The molecular weight excluding hydrogens is 376 g/mol. The van der Waals surface area contributed by atoms with E-state index in [2.05, 4.69) is 10.3 Å². The minimum atomic E-state index is -0.0356. The number of hydrogen-bond donors (Lipinski definition) is 1. The first-order valence-corrected chi connectivity index (χ1v) is 10.4. The van der Waals surface area contributed by atoms with Crippen LogP contribution in [-0.2, 0) is 22.6 Å². The molecule has 30 heavy (non-hydrogen) atoms. The predicted molar refractivity (Wildman–Crippen MR) is 115 cm³/mol. The van der Waals surface area contributed by atoms with Crippen LogP contribution in [0.25, 0.3) is 5.69 Å². The zero-order valence-corrected chi connectivity index (χ0v) is 16.9. The molecule has 1 saturated heterocycles. The zero-order valence-electron chi connectivity index (χ0n) is 16.9. The van der Waals surface area contributed by atoms with Crippen molar-refractivity contribution in [2.45, 2.75) is 25.8 Å². The van der Waals surface area contributed by atoms with E-state index >= 15 is 0 Å². The summed E-state index contributed by atoms with van der Waals surface area (Å²) in [6.07, 6.45) is 9.27. The molecule has 1 aliphatic rings. The van der Waals surface area contributed by atoms with Gasteiger partial charge in [0.15, 0.2) is 0 Å². The number of nitrogens with one attached hydrogen (secondary N) is 1. The summed E-state index contributed by atoms with van der Waals surface area (Å²) in [7, 11) is 0. The number of carbonyl (C=O) groups is 2. The van der Waals surface area contributed by atoms with Crippen LogP contribution in [0.15, 0.2) is 73.3 Å². The molecule has 0 saturated carbocycles. The molecular formula is C24H26N4O2. The van der Waals surface area contributed by atoms with Crippen LogP contribution in [-0.4, -0.2) is 39.4 Å². The summed E-state index contributed by atoms with van der Waals surface area (Å²) >= 11 is 0. The molecule has 0 spiro atoms. The Bertz CT molecular complexity index is 960. The van der Waals surface area contributed by atoms with Gasteiger partial charge in [-0.3, -0.25) is 14.6 Å². The fourth-order valence-electron chi connectivity index (χ4n) is 3.81. The number of nitrogens with zero attached hydrogens (tertiary/aromatic N) is 3. The predicted octanol–water partition coefficient (Wildman–Crippen LogP) is 2.97. The average Bonchev–Trinajstić information content (AvgIpc) is 3.34. The van der Waals surface area contributed by atoms with E-state index in [1.165, 1.54) is 0 Å². The number of carbonyl (C=O) groups excluding carboxylic acids is 2. The number of hydrogen-bond acceptors (Lipinski definition) is 3. The van der Waals surface area contributed by atoms with E-state index in [9.17, 15) is 9.59 Å². The first kappa shape index (κ1) is 19.9. The van der Waals surface area contributed by atoms with Crippen LogP contribution < -0.4 is 5.32 Å². The number of piperidine rings is 1. The quantitative estimate of drug-likeness (QED) is 0.689. The lowest BCUT2D eigenvalue weighted by Gasteiger charge is -2.31. The molecule has 1 N–H and O–H groups in total. The Labute approximate surface area is 176 Å². The van der Waals surface area contributed by atoms with Crippen molar-refractivity contribution < 1.29 is 9.59 Å². The van der Waals surface area contributed by atoms with Crippen LogP contribution in [0.2, 0.25) is 0 Å². The Kier molecular flexibility index (Phi) is 6.23. The lowest BCUT2D eigenvalue weighted by molar-refractivity contribution is -0.135. The van der Waals surface area contributed by atoms with Gasteiger partial charge in [0.25, 0.3) is 0 Å². The van der Waals surface area contributed by atoms with Crippen molar-refractivity contribution in [1.82, 2.24) is 19.8 Å². The standard InChI is InChI=1S/C24H26N4O2/c29-23(16-19-5-7-22(8-6-19)27-12-1-2-13-27)28-14-9-21(10-15-28)24(30)26-18-20-4-3-11-25-17-20/h1-8,11-13,17,21H,9-10,14-16,18H2,(H,26,30). The SMILES string of the molecule is O=C(NCc1cccnc1)C1CCN(C(=O)Cc2ccc(-n3cccc3)cc2)CC1. The fourth-order valence-corrected chi connectivity index (χ4v) is 3.81. The number of rotatable bonds is 6. The summed E-state index contributed by atoms with van der Waals surface area (Å²) in [5.41, 5.74) is 3.07. The average molecular weight is 402 g/mol. The Morgan fingerprint density at radius 3 is 2.37 bits per heavy atom. The minimum absolute atomic E-state index is 0.0356. The maximum atomic E-state index is 12.7. The maximum absolute atomic E-state index is 12.7. The van der Waals surface area contributed by atoms with Crippen LogP contribution in [0.5, 0.6) is 0 Å². The van der Waals surface area contributed by atoms with Gasteiger partial charge in [0, 0.05) is 56.0 Å². The molecule has 154 valence electrons. The first-order chi connectivity index (χ1) is 14.7. The Balaban J connectivity index is 1.23. The van der Waals surface area contributed by atoms with Crippen LogP contribution in [0, 0.1) is 5.92 Å². The van der Waals surface area contributed by atoms with Crippen LogP contribution in [0.4, 0.5) is 0 Å². The molecule has 6 nitrogen and oxygen atoms in total. The second-order valence-electron chi connectivity index (χ2n) is 7.67. The molecule has 2 amide bonds. The number of benzene rings is 1. The molecule has 3 aromatic rings. The largest absolute Gasteiger partial charge is 0.352 e. The third-order valence-corrected chi connectivity index (χ3v) is 5.60. The second-order valence-corrected chi connectivity index (χ2v) is 7.67. The molecule has 0 radical (unpaired) electrons. The Hall–Kier alpha value is -3.41. The molecule has 1 aromatic carbocycles. The van der Waals surface area contributed by atoms with Crippen LogP contribution in [0.1, 0.15) is 24.0 Å². The van der Waals surface area contributed by atoms with Gasteiger partial charge in [0.2, 0.25) is 11.8 Å². The molecule has 0 aliphatic carbocycles. The van der Waals surface area contributed by atoms with E-state index in [-0.39, 0.29) is 17.7 Å². The maximum Gasteiger partial charge on any atom is 0.226 e. The monoisotopic (exact) mass is 402 g/mol. The molecule has 1 aliphatic heterocycles. The summed E-state index contributed by atoms with van der Waals surface area (Å²) < 4.78 is 2.04. The van der Waals surface area contributed by atoms with Crippen molar-refractivity contribution in [2.24, 2.45) is 5.92 Å². The van der Waals surface area contributed by atoms with Gasteiger partial charge < -0.3 is 14.8 Å². The lowest BCUT2D eigenvalue weighted by Crippen LogP contribution is -2.43. The second kappa shape index (κ2) is 9.39.